The standard InChI is InChI=1S/C58H43NO/c1-5-7-16-39(6-2)48-38-37-47(55-52-20-11-13-23-53(52)58(3,4)56(48)55)42-27-33-45(34-28-42)59(44-31-25-41(26-32-44)40-17-9-8-10-18-40)46-35-29-43(30-36-46)49-21-15-22-51-50-19-12-14-24-54(50)60-57(49)51/h5-12,14-22,24-38H,1H2,2-4H3/b16-7-,39-6+. The zero-order chi connectivity index (χ0) is 40.8. The molecule has 0 saturated carbocycles. The first-order valence-electron chi connectivity index (χ1n) is 20.6. The number of benzene rings is 7. The number of rotatable bonds is 9. The molecule has 0 unspecified atom stereocenters. The van der Waals surface area contributed by atoms with E-state index in [2.05, 4.69) is 208 Å². The second-order valence-electron chi connectivity index (χ2n) is 15.9. The molecule has 2 heteroatoms. The lowest BCUT2D eigenvalue weighted by Crippen LogP contribution is -2.17. The van der Waals surface area contributed by atoms with Gasteiger partial charge in [-0.1, -0.05) is 172 Å². The van der Waals surface area contributed by atoms with Crippen LogP contribution in [0.25, 0.3) is 72.0 Å². The van der Waals surface area contributed by atoms with Crippen LogP contribution in [0.4, 0.5) is 17.1 Å². The van der Waals surface area contributed by atoms with Crippen LogP contribution in [-0.4, -0.2) is 0 Å². The second-order valence-corrected chi connectivity index (χ2v) is 15.9. The summed E-state index contributed by atoms with van der Waals surface area (Å²) < 4.78 is 6.42. The third-order valence-corrected chi connectivity index (χ3v) is 12.1. The molecule has 0 N–H and O–H groups in total. The lowest BCUT2D eigenvalue weighted by molar-refractivity contribution is 0.659. The molecule has 0 radical (unpaired) electrons. The van der Waals surface area contributed by atoms with Crippen LogP contribution >= 0.6 is 0 Å². The Morgan fingerprint density at radius 1 is 0.600 bits per heavy atom. The highest BCUT2D eigenvalue weighted by atomic mass is 16.3. The Kier molecular flexibility index (Phi) is 9.16. The average Bonchev–Trinajstić information content (AvgIpc) is 3.80. The van der Waals surface area contributed by atoms with Crippen molar-refractivity contribution in [1.82, 2.24) is 0 Å². The summed E-state index contributed by atoms with van der Waals surface area (Å²) in [5, 5.41) is 2.26. The maximum atomic E-state index is 6.42. The molecule has 8 aromatic carbocycles. The van der Waals surface area contributed by atoms with Crippen LogP contribution < -0.4 is 4.90 Å². The summed E-state index contributed by atoms with van der Waals surface area (Å²) in [4.78, 5) is 2.34. The SMILES string of the molecule is C=C/C=C\C(=C/C)c1ccc(-c2ccc(N(c3ccc(-c4ccccc4)cc3)c3ccc(-c4cccc5c4oc4ccccc45)cc3)cc2)c2c1C(C)(C)c1c#cccc1-2. The van der Waals surface area contributed by atoms with Gasteiger partial charge in [-0.2, -0.15) is 0 Å². The van der Waals surface area contributed by atoms with E-state index in [-0.39, 0.29) is 5.41 Å². The summed E-state index contributed by atoms with van der Waals surface area (Å²) in [6.45, 7) is 10.7. The Balaban J connectivity index is 1.07. The molecule has 0 spiro atoms. The maximum absolute atomic E-state index is 6.42. The van der Waals surface area contributed by atoms with E-state index >= 15 is 0 Å². The minimum atomic E-state index is -0.255. The van der Waals surface area contributed by atoms with Crippen LogP contribution in [0.5, 0.6) is 0 Å². The van der Waals surface area contributed by atoms with Crippen molar-refractivity contribution in [2.75, 3.05) is 4.90 Å². The zero-order valence-electron chi connectivity index (χ0n) is 34.0. The van der Waals surface area contributed by atoms with E-state index < -0.39 is 0 Å². The highest BCUT2D eigenvalue weighted by Gasteiger charge is 2.39. The van der Waals surface area contributed by atoms with Gasteiger partial charge in [-0.15, -0.1) is 0 Å². The zero-order valence-corrected chi connectivity index (χ0v) is 34.0. The molecule has 0 amide bonds. The molecular weight excluding hydrogens is 727 g/mol. The van der Waals surface area contributed by atoms with Crippen molar-refractivity contribution >= 4 is 44.6 Å². The van der Waals surface area contributed by atoms with Crippen molar-refractivity contribution in [3.05, 3.63) is 230 Å². The number of para-hydroxylation sites is 2. The summed E-state index contributed by atoms with van der Waals surface area (Å²) in [6.07, 6.45) is 8.18. The molecule has 1 aromatic heterocycles. The number of fused-ring (bicyclic) bond motifs is 6. The third kappa shape index (κ3) is 6.15. The fourth-order valence-corrected chi connectivity index (χ4v) is 9.18. The second kappa shape index (κ2) is 15.0. The maximum Gasteiger partial charge on any atom is 0.143 e. The molecule has 0 fully saturated rings. The molecular formula is C58H43NO. The van der Waals surface area contributed by atoms with Gasteiger partial charge in [0.1, 0.15) is 11.2 Å². The monoisotopic (exact) mass is 769 g/mol. The molecule has 0 atom stereocenters. The number of anilines is 3. The topological polar surface area (TPSA) is 16.4 Å². The van der Waals surface area contributed by atoms with Gasteiger partial charge in [0.05, 0.1) is 0 Å². The van der Waals surface area contributed by atoms with Crippen molar-refractivity contribution in [2.45, 2.75) is 26.2 Å². The molecule has 10 rings (SSSR count). The van der Waals surface area contributed by atoms with Crippen molar-refractivity contribution in [1.29, 1.82) is 0 Å². The number of nitrogens with zero attached hydrogens (tertiary/aromatic N) is 1. The van der Waals surface area contributed by atoms with Gasteiger partial charge in [0.15, 0.2) is 0 Å². The van der Waals surface area contributed by atoms with Gasteiger partial charge in [0.25, 0.3) is 0 Å². The highest BCUT2D eigenvalue weighted by molar-refractivity contribution is 6.09. The quantitative estimate of drug-likeness (QED) is 0.136. The van der Waals surface area contributed by atoms with E-state index in [0.29, 0.717) is 0 Å². The summed E-state index contributed by atoms with van der Waals surface area (Å²) in [7, 11) is 0. The average molecular weight is 770 g/mol. The first kappa shape index (κ1) is 36.7. The Bertz CT molecular complexity index is 3110. The first-order valence-corrected chi connectivity index (χ1v) is 20.6. The Morgan fingerprint density at radius 2 is 1.22 bits per heavy atom. The number of hydrogen-bond donors (Lipinski definition) is 0. The van der Waals surface area contributed by atoms with Gasteiger partial charge in [0.2, 0.25) is 0 Å². The normalized spacial score (nSPS) is 13.0. The fraction of sp³-hybridized carbons (Fsp3) is 0.0690. The van der Waals surface area contributed by atoms with Gasteiger partial charge in [-0.05, 0) is 117 Å². The number of furan rings is 1. The summed E-state index contributed by atoms with van der Waals surface area (Å²) in [5.74, 6) is 0. The van der Waals surface area contributed by atoms with Crippen LogP contribution in [0.1, 0.15) is 37.5 Å². The van der Waals surface area contributed by atoms with Crippen LogP contribution in [-0.2, 0) is 5.41 Å². The molecule has 1 heterocycles. The Labute approximate surface area is 352 Å². The number of allylic oxidation sites excluding steroid dienone is 5. The van der Waals surface area contributed by atoms with Gasteiger partial charge < -0.3 is 9.32 Å². The molecule has 1 aliphatic carbocycles. The molecule has 0 bridgehead atoms. The van der Waals surface area contributed by atoms with Crippen LogP contribution in [0.15, 0.2) is 205 Å². The predicted octanol–water partition coefficient (Wildman–Crippen LogP) is 16.1. The van der Waals surface area contributed by atoms with Crippen molar-refractivity contribution in [3.63, 3.8) is 0 Å². The van der Waals surface area contributed by atoms with E-state index in [1.807, 2.05) is 30.4 Å². The summed E-state index contributed by atoms with van der Waals surface area (Å²) in [5.41, 5.74) is 19.1. The van der Waals surface area contributed by atoms with E-state index in [1.54, 1.807) is 0 Å². The predicted molar refractivity (Wildman–Crippen MR) is 253 cm³/mol. The van der Waals surface area contributed by atoms with Gasteiger partial charge in [0, 0.05) is 44.4 Å². The van der Waals surface area contributed by atoms with Crippen molar-refractivity contribution in [2.24, 2.45) is 0 Å². The lowest BCUT2D eigenvalue weighted by atomic mass is 9.78. The van der Waals surface area contributed by atoms with Crippen molar-refractivity contribution < 1.29 is 4.42 Å². The Morgan fingerprint density at radius 3 is 1.90 bits per heavy atom. The molecule has 60 heavy (non-hydrogen) atoms. The number of hydrogen-bond acceptors (Lipinski definition) is 2. The van der Waals surface area contributed by atoms with E-state index in [1.165, 1.54) is 50.1 Å². The van der Waals surface area contributed by atoms with Gasteiger partial charge in [-0.25, -0.2) is 0 Å². The van der Waals surface area contributed by atoms with Crippen LogP contribution in [0.3, 0.4) is 0 Å². The largest absolute Gasteiger partial charge is 0.455 e. The van der Waals surface area contributed by atoms with Crippen molar-refractivity contribution in [3.8, 4) is 44.5 Å². The smallest absolute Gasteiger partial charge is 0.143 e. The van der Waals surface area contributed by atoms with Gasteiger partial charge in [-0.3, -0.25) is 0 Å². The molecule has 0 aliphatic heterocycles. The molecule has 0 saturated heterocycles. The van der Waals surface area contributed by atoms with Crippen LogP contribution in [0.2, 0.25) is 0 Å². The van der Waals surface area contributed by atoms with Gasteiger partial charge >= 0.3 is 0 Å². The lowest BCUT2D eigenvalue weighted by Gasteiger charge is -2.27. The Hall–Kier alpha value is -7.60. The first-order chi connectivity index (χ1) is 29.4. The molecule has 2 nitrogen and oxygen atoms in total. The minimum Gasteiger partial charge on any atom is -0.455 e. The highest BCUT2D eigenvalue weighted by Crippen LogP contribution is 2.54. The van der Waals surface area contributed by atoms with E-state index in [9.17, 15) is 0 Å². The van der Waals surface area contributed by atoms with E-state index in [4.69, 9.17) is 4.42 Å². The summed E-state index contributed by atoms with van der Waals surface area (Å²) >= 11 is 0. The minimum absolute atomic E-state index is 0.255. The summed E-state index contributed by atoms with van der Waals surface area (Å²) in [6, 6.07) is 67.5. The van der Waals surface area contributed by atoms with E-state index in [0.717, 1.165) is 55.7 Å². The molecule has 9 aromatic rings. The molecule has 286 valence electrons. The molecule has 1 aliphatic rings. The van der Waals surface area contributed by atoms with Crippen LogP contribution in [0, 0.1) is 12.1 Å². The third-order valence-electron chi connectivity index (χ3n) is 12.1. The fourth-order valence-electron chi connectivity index (χ4n) is 9.18.